The van der Waals surface area contributed by atoms with E-state index in [2.05, 4.69) is 0 Å². The number of hydrogen-bond acceptors (Lipinski definition) is 3. The van der Waals surface area contributed by atoms with Gasteiger partial charge in [-0.15, -0.1) is 0 Å². The molecule has 0 spiro atoms. The molecule has 0 fully saturated rings. The van der Waals surface area contributed by atoms with Crippen LogP contribution in [0.1, 0.15) is 17.2 Å². The number of fused-ring (bicyclic) bond motifs is 1. The zero-order valence-corrected chi connectivity index (χ0v) is 7.83. The number of hydrogen-bond donors (Lipinski definition) is 2. The fourth-order valence-electron chi connectivity index (χ4n) is 1.64. The van der Waals surface area contributed by atoms with Gasteiger partial charge in [-0.2, -0.15) is 0 Å². The molecule has 0 aliphatic carbocycles. The number of nitrogens with two attached hydrogens (primary N) is 1. The summed E-state index contributed by atoms with van der Waals surface area (Å²) in [7, 11) is 0. The molecule has 0 unspecified atom stereocenters. The molecule has 0 amide bonds. The van der Waals surface area contributed by atoms with Gasteiger partial charge >= 0.3 is 0 Å². The second-order valence-electron chi connectivity index (χ2n) is 3.57. The van der Waals surface area contributed by atoms with Crippen LogP contribution in [0.25, 0.3) is 0 Å². The Morgan fingerprint density at radius 1 is 1.57 bits per heavy atom. The Morgan fingerprint density at radius 3 is 3.00 bits per heavy atom. The van der Waals surface area contributed by atoms with Gasteiger partial charge in [0, 0.05) is 5.56 Å². The molecule has 1 aliphatic rings. The Hall–Kier alpha value is -1.13. The number of aliphatic hydroxyl groups excluding tert-OH is 1. The molecule has 3 N–H and O–H groups in total. The van der Waals surface area contributed by atoms with Crippen molar-refractivity contribution in [2.24, 2.45) is 5.73 Å². The average Bonchev–Trinajstić information content (AvgIpc) is 2.12. The van der Waals surface area contributed by atoms with Gasteiger partial charge in [-0.3, -0.25) is 0 Å². The molecule has 14 heavy (non-hydrogen) atoms. The highest BCUT2D eigenvalue weighted by Crippen LogP contribution is 2.33. The highest BCUT2D eigenvalue weighted by Gasteiger charge is 2.28. The first kappa shape index (κ1) is 9.43. The number of aliphatic hydroxyl groups is 1. The van der Waals surface area contributed by atoms with Gasteiger partial charge in [-0.05, 0) is 18.6 Å². The SMILES string of the molecule is Cc1cc(F)c2c(c1)[C@H](N)[C@H](O)CO2. The fraction of sp³-hybridized carbons (Fsp3) is 0.400. The Kier molecular flexibility index (Phi) is 2.17. The molecule has 0 aromatic heterocycles. The first-order chi connectivity index (χ1) is 6.59. The van der Waals surface area contributed by atoms with E-state index < -0.39 is 18.0 Å². The van der Waals surface area contributed by atoms with Gasteiger partial charge in [0.25, 0.3) is 0 Å². The third-order valence-electron chi connectivity index (χ3n) is 2.39. The molecule has 2 atom stereocenters. The van der Waals surface area contributed by atoms with E-state index in [0.29, 0.717) is 5.56 Å². The van der Waals surface area contributed by atoms with Crippen LogP contribution in [0.5, 0.6) is 5.75 Å². The first-order valence-electron chi connectivity index (χ1n) is 4.46. The van der Waals surface area contributed by atoms with E-state index in [4.69, 9.17) is 10.5 Å². The van der Waals surface area contributed by atoms with Gasteiger partial charge in [0.05, 0.1) is 6.04 Å². The van der Waals surface area contributed by atoms with Crippen LogP contribution >= 0.6 is 0 Å². The van der Waals surface area contributed by atoms with Gasteiger partial charge in [-0.25, -0.2) is 4.39 Å². The maximum Gasteiger partial charge on any atom is 0.165 e. The lowest BCUT2D eigenvalue weighted by Crippen LogP contribution is -2.36. The minimum absolute atomic E-state index is 0.0497. The minimum atomic E-state index is -0.760. The highest BCUT2D eigenvalue weighted by molar-refractivity contribution is 5.42. The van der Waals surface area contributed by atoms with Crippen LogP contribution in [0.15, 0.2) is 12.1 Å². The molecule has 1 aromatic carbocycles. The summed E-state index contributed by atoms with van der Waals surface area (Å²) in [6, 6.07) is 2.57. The molecule has 4 heteroatoms. The third kappa shape index (κ3) is 1.36. The van der Waals surface area contributed by atoms with E-state index in [1.54, 1.807) is 13.0 Å². The zero-order valence-electron chi connectivity index (χ0n) is 7.83. The van der Waals surface area contributed by atoms with Crippen LogP contribution in [0.3, 0.4) is 0 Å². The van der Waals surface area contributed by atoms with Crippen molar-refractivity contribution in [3.05, 3.63) is 29.1 Å². The molecule has 76 valence electrons. The van der Waals surface area contributed by atoms with Crippen LogP contribution in [-0.2, 0) is 0 Å². The minimum Gasteiger partial charge on any atom is -0.487 e. The molecule has 0 radical (unpaired) electrons. The lowest BCUT2D eigenvalue weighted by Gasteiger charge is -2.28. The summed E-state index contributed by atoms with van der Waals surface area (Å²) in [5.41, 5.74) is 7.05. The summed E-state index contributed by atoms with van der Waals surface area (Å²) < 4.78 is 18.5. The summed E-state index contributed by atoms with van der Waals surface area (Å²) in [4.78, 5) is 0. The summed E-state index contributed by atoms with van der Waals surface area (Å²) in [6.07, 6.45) is -0.760. The lowest BCUT2D eigenvalue weighted by molar-refractivity contribution is 0.0651. The molecule has 1 aromatic rings. The van der Waals surface area contributed by atoms with Crippen LogP contribution in [0, 0.1) is 12.7 Å². The summed E-state index contributed by atoms with van der Waals surface area (Å²) in [5.74, 6) is -0.240. The van der Waals surface area contributed by atoms with E-state index in [1.807, 2.05) is 0 Å². The number of benzene rings is 1. The largest absolute Gasteiger partial charge is 0.487 e. The molecule has 0 saturated heterocycles. The Balaban J connectivity index is 2.54. The Labute approximate surface area is 81.3 Å². The predicted octanol–water partition coefficient (Wildman–Crippen LogP) is 0.887. The van der Waals surface area contributed by atoms with Gasteiger partial charge in [-0.1, -0.05) is 6.07 Å². The van der Waals surface area contributed by atoms with Gasteiger partial charge in [0.15, 0.2) is 11.6 Å². The maximum atomic E-state index is 13.4. The first-order valence-corrected chi connectivity index (χ1v) is 4.46. The summed E-state index contributed by atoms with van der Waals surface area (Å²) in [6.45, 7) is 1.82. The normalized spacial score (nSPS) is 25.4. The van der Waals surface area contributed by atoms with Gasteiger partial charge in [0.2, 0.25) is 0 Å². The molecule has 3 nitrogen and oxygen atoms in total. The maximum absolute atomic E-state index is 13.4. The standard InChI is InChI=1S/C10H12FNO2/c1-5-2-6-9(12)8(13)4-14-10(6)7(11)3-5/h2-3,8-9,13H,4,12H2,1H3/t8-,9+/m1/s1. The van der Waals surface area contributed by atoms with Gasteiger partial charge < -0.3 is 15.6 Å². The van der Waals surface area contributed by atoms with Crippen molar-refractivity contribution in [1.82, 2.24) is 0 Å². The van der Waals surface area contributed by atoms with Crippen LogP contribution in [-0.4, -0.2) is 17.8 Å². The number of ether oxygens (including phenoxy) is 1. The van der Waals surface area contributed by atoms with E-state index >= 15 is 0 Å². The number of aryl methyl sites for hydroxylation is 1. The van der Waals surface area contributed by atoms with Crippen molar-refractivity contribution >= 4 is 0 Å². The zero-order chi connectivity index (χ0) is 10.3. The van der Waals surface area contributed by atoms with Crippen molar-refractivity contribution < 1.29 is 14.2 Å². The number of halogens is 1. The quantitative estimate of drug-likeness (QED) is 0.649. The van der Waals surface area contributed by atoms with Crippen molar-refractivity contribution in [2.45, 2.75) is 19.1 Å². The lowest BCUT2D eigenvalue weighted by atomic mass is 9.97. The van der Waals surface area contributed by atoms with E-state index in [9.17, 15) is 9.50 Å². The second-order valence-corrected chi connectivity index (χ2v) is 3.57. The molecular formula is C10H12FNO2. The van der Waals surface area contributed by atoms with Crippen LogP contribution in [0.2, 0.25) is 0 Å². The van der Waals surface area contributed by atoms with E-state index in [-0.39, 0.29) is 12.4 Å². The Bertz CT molecular complexity index is 367. The molecular weight excluding hydrogens is 185 g/mol. The third-order valence-corrected chi connectivity index (χ3v) is 2.39. The molecule has 2 rings (SSSR count). The monoisotopic (exact) mass is 197 g/mol. The van der Waals surface area contributed by atoms with Crippen molar-refractivity contribution in [3.63, 3.8) is 0 Å². The average molecular weight is 197 g/mol. The highest BCUT2D eigenvalue weighted by atomic mass is 19.1. The summed E-state index contributed by atoms with van der Waals surface area (Å²) in [5, 5.41) is 9.43. The van der Waals surface area contributed by atoms with Crippen LogP contribution in [0.4, 0.5) is 4.39 Å². The molecule has 1 heterocycles. The second kappa shape index (κ2) is 3.22. The molecule has 1 aliphatic heterocycles. The summed E-state index contributed by atoms with van der Waals surface area (Å²) >= 11 is 0. The van der Waals surface area contributed by atoms with Crippen LogP contribution < -0.4 is 10.5 Å². The van der Waals surface area contributed by atoms with E-state index in [1.165, 1.54) is 6.07 Å². The van der Waals surface area contributed by atoms with Gasteiger partial charge in [0.1, 0.15) is 12.7 Å². The molecule has 0 bridgehead atoms. The van der Waals surface area contributed by atoms with Crippen molar-refractivity contribution in [3.8, 4) is 5.75 Å². The Morgan fingerprint density at radius 2 is 2.29 bits per heavy atom. The smallest absolute Gasteiger partial charge is 0.165 e. The van der Waals surface area contributed by atoms with Crippen molar-refractivity contribution in [1.29, 1.82) is 0 Å². The van der Waals surface area contributed by atoms with Crippen molar-refractivity contribution in [2.75, 3.05) is 6.61 Å². The van der Waals surface area contributed by atoms with E-state index in [0.717, 1.165) is 5.56 Å². The number of rotatable bonds is 0. The fourth-order valence-corrected chi connectivity index (χ4v) is 1.64. The topological polar surface area (TPSA) is 55.5 Å². The predicted molar refractivity (Wildman–Crippen MR) is 49.6 cm³/mol. The molecule has 0 saturated carbocycles.